The SMILES string of the molecule is CC1CN(c2ccc([N+](=O)[O-])cc2Cl)CC1N. The number of rotatable bonds is 2. The molecule has 1 fully saturated rings. The number of benzene rings is 1. The molecule has 5 nitrogen and oxygen atoms in total. The molecule has 0 aromatic heterocycles. The van der Waals surface area contributed by atoms with Gasteiger partial charge in [0.2, 0.25) is 0 Å². The number of anilines is 1. The van der Waals surface area contributed by atoms with E-state index in [1.807, 2.05) is 0 Å². The molecule has 1 aromatic rings. The third kappa shape index (κ3) is 2.35. The van der Waals surface area contributed by atoms with Crippen LogP contribution in [-0.4, -0.2) is 24.1 Å². The first kappa shape index (κ1) is 12.1. The van der Waals surface area contributed by atoms with Crippen molar-refractivity contribution in [3.05, 3.63) is 33.3 Å². The zero-order valence-corrected chi connectivity index (χ0v) is 10.2. The Morgan fingerprint density at radius 3 is 2.71 bits per heavy atom. The number of nitro groups is 1. The molecule has 2 unspecified atom stereocenters. The van der Waals surface area contributed by atoms with Crippen molar-refractivity contribution in [3.63, 3.8) is 0 Å². The summed E-state index contributed by atoms with van der Waals surface area (Å²) in [6, 6.07) is 4.66. The number of nitrogens with zero attached hydrogens (tertiary/aromatic N) is 2. The van der Waals surface area contributed by atoms with Crippen molar-refractivity contribution in [3.8, 4) is 0 Å². The fourth-order valence-electron chi connectivity index (χ4n) is 2.05. The molecule has 0 spiro atoms. The molecular formula is C11H14ClN3O2. The number of nitro benzene ring substituents is 1. The lowest BCUT2D eigenvalue weighted by Crippen LogP contribution is -2.28. The summed E-state index contributed by atoms with van der Waals surface area (Å²) in [7, 11) is 0. The maximum absolute atomic E-state index is 10.6. The van der Waals surface area contributed by atoms with Crippen LogP contribution in [0.2, 0.25) is 5.02 Å². The standard InChI is InChI=1S/C11H14ClN3O2/c1-7-5-14(6-10(7)13)11-3-2-8(15(16)17)4-9(11)12/h2-4,7,10H,5-6,13H2,1H3. The molecule has 6 heteroatoms. The van der Waals surface area contributed by atoms with Crippen molar-refractivity contribution in [1.82, 2.24) is 0 Å². The van der Waals surface area contributed by atoms with Gasteiger partial charge in [0.15, 0.2) is 0 Å². The first-order valence-corrected chi connectivity index (χ1v) is 5.81. The maximum atomic E-state index is 10.6. The van der Waals surface area contributed by atoms with Crippen molar-refractivity contribution in [1.29, 1.82) is 0 Å². The van der Waals surface area contributed by atoms with E-state index >= 15 is 0 Å². The number of hydrogen-bond donors (Lipinski definition) is 1. The van der Waals surface area contributed by atoms with E-state index in [-0.39, 0.29) is 11.7 Å². The van der Waals surface area contributed by atoms with Gasteiger partial charge < -0.3 is 10.6 Å². The Kier molecular flexibility index (Phi) is 3.22. The van der Waals surface area contributed by atoms with Crippen LogP contribution in [0.3, 0.4) is 0 Å². The largest absolute Gasteiger partial charge is 0.368 e. The molecule has 1 saturated heterocycles. The fourth-order valence-corrected chi connectivity index (χ4v) is 2.35. The lowest BCUT2D eigenvalue weighted by atomic mass is 10.1. The number of halogens is 1. The van der Waals surface area contributed by atoms with Crippen LogP contribution in [-0.2, 0) is 0 Å². The van der Waals surface area contributed by atoms with Crippen LogP contribution < -0.4 is 10.6 Å². The Bertz CT molecular complexity index is 442. The second-order valence-electron chi connectivity index (χ2n) is 4.44. The molecule has 0 aliphatic carbocycles. The number of nitrogens with two attached hydrogens (primary N) is 1. The van der Waals surface area contributed by atoms with E-state index < -0.39 is 4.92 Å². The third-order valence-electron chi connectivity index (χ3n) is 3.15. The molecule has 2 N–H and O–H groups in total. The summed E-state index contributed by atoms with van der Waals surface area (Å²) in [5.74, 6) is 0.404. The Morgan fingerprint density at radius 2 is 2.24 bits per heavy atom. The molecule has 0 saturated carbocycles. The molecule has 1 aliphatic rings. The third-order valence-corrected chi connectivity index (χ3v) is 3.46. The Balaban J connectivity index is 2.26. The minimum absolute atomic E-state index is 0.00953. The first-order chi connectivity index (χ1) is 7.99. The van der Waals surface area contributed by atoms with Gasteiger partial charge in [-0.15, -0.1) is 0 Å². The number of hydrogen-bond acceptors (Lipinski definition) is 4. The lowest BCUT2D eigenvalue weighted by Gasteiger charge is -2.19. The second-order valence-corrected chi connectivity index (χ2v) is 4.85. The van der Waals surface area contributed by atoms with Crippen molar-refractivity contribution in [2.75, 3.05) is 18.0 Å². The highest BCUT2D eigenvalue weighted by atomic mass is 35.5. The van der Waals surface area contributed by atoms with Gasteiger partial charge in [0.05, 0.1) is 15.6 Å². The second kappa shape index (κ2) is 4.50. The van der Waals surface area contributed by atoms with E-state index in [4.69, 9.17) is 17.3 Å². The van der Waals surface area contributed by atoms with Crippen LogP contribution in [0.15, 0.2) is 18.2 Å². The van der Waals surface area contributed by atoms with Gasteiger partial charge in [0, 0.05) is 31.3 Å². The zero-order chi connectivity index (χ0) is 12.6. The minimum atomic E-state index is -0.450. The van der Waals surface area contributed by atoms with Gasteiger partial charge in [-0.25, -0.2) is 0 Å². The molecule has 0 amide bonds. The lowest BCUT2D eigenvalue weighted by molar-refractivity contribution is -0.384. The predicted octanol–water partition coefficient (Wildman–Crippen LogP) is 2.03. The molecule has 1 aliphatic heterocycles. The van der Waals surface area contributed by atoms with E-state index in [9.17, 15) is 10.1 Å². The van der Waals surface area contributed by atoms with Crippen LogP contribution in [0, 0.1) is 16.0 Å². The van der Waals surface area contributed by atoms with E-state index in [1.54, 1.807) is 6.07 Å². The van der Waals surface area contributed by atoms with Crippen LogP contribution in [0.4, 0.5) is 11.4 Å². The molecule has 0 bridgehead atoms. The highest BCUT2D eigenvalue weighted by molar-refractivity contribution is 6.33. The summed E-state index contributed by atoms with van der Waals surface area (Å²) >= 11 is 6.06. The Morgan fingerprint density at radius 1 is 1.53 bits per heavy atom. The van der Waals surface area contributed by atoms with Crippen molar-refractivity contribution >= 4 is 23.0 Å². The molecular weight excluding hydrogens is 242 g/mol. The zero-order valence-electron chi connectivity index (χ0n) is 9.47. The minimum Gasteiger partial charge on any atom is -0.368 e. The summed E-state index contributed by atoms with van der Waals surface area (Å²) in [4.78, 5) is 12.2. The predicted molar refractivity (Wildman–Crippen MR) is 67.5 cm³/mol. The summed E-state index contributed by atoms with van der Waals surface area (Å²) < 4.78 is 0. The average molecular weight is 256 g/mol. The van der Waals surface area contributed by atoms with Crippen molar-refractivity contribution in [2.24, 2.45) is 11.7 Å². The molecule has 1 aromatic carbocycles. The van der Waals surface area contributed by atoms with Crippen LogP contribution >= 0.6 is 11.6 Å². The van der Waals surface area contributed by atoms with Crippen molar-refractivity contribution < 1.29 is 4.92 Å². The normalized spacial score (nSPS) is 24.1. The van der Waals surface area contributed by atoms with Gasteiger partial charge in [-0.3, -0.25) is 10.1 Å². The average Bonchev–Trinajstić information content (AvgIpc) is 2.58. The summed E-state index contributed by atoms with van der Waals surface area (Å²) in [6.07, 6.45) is 0. The van der Waals surface area contributed by atoms with E-state index in [1.165, 1.54) is 12.1 Å². The summed E-state index contributed by atoms with van der Waals surface area (Å²) in [6.45, 7) is 3.65. The van der Waals surface area contributed by atoms with Gasteiger partial charge in [-0.2, -0.15) is 0 Å². The van der Waals surface area contributed by atoms with Crippen LogP contribution in [0.1, 0.15) is 6.92 Å². The van der Waals surface area contributed by atoms with Gasteiger partial charge >= 0.3 is 0 Å². The van der Waals surface area contributed by atoms with E-state index in [0.29, 0.717) is 10.9 Å². The Labute approximate surface area is 104 Å². The molecule has 92 valence electrons. The van der Waals surface area contributed by atoms with E-state index in [2.05, 4.69) is 11.8 Å². The monoisotopic (exact) mass is 255 g/mol. The molecule has 2 atom stereocenters. The fraction of sp³-hybridized carbons (Fsp3) is 0.455. The van der Waals surface area contributed by atoms with Gasteiger partial charge in [0.25, 0.3) is 5.69 Å². The summed E-state index contributed by atoms with van der Waals surface area (Å²) in [5, 5.41) is 11.0. The highest BCUT2D eigenvalue weighted by Crippen LogP contribution is 2.32. The number of non-ortho nitro benzene ring substituents is 1. The molecule has 1 heterocycles. The topological polar surface area (TPSA) is 72.4 Å². The maximum Gasteiger partial charge on any atom is 0.271 e. The van der Waals surface area contributed by atoms with E-state index in [0.717, 1.165) is 18.8 Å². The van der Waals surface area contributed by atoms with Gasteiger partial charge in [0.1, 0.15) is 0 Å². The Hall–Kier alpha value is -1.33. The van der Waals surface area contributed by atoms with Crippen molar-refractivity contribution in [2.45, 2.75) is 13.0 Å². The highest BCUT2D eigenvalue weighted by Gasteiger charge is 2.28. The molecule has 0 radical (unpaired) electrons. The molecule has 2 rings (SSSR count). The van der Waals surface area contributed by atoms with Gasteiger partial charge in [-0.05, 0) is 12.0 Å². The van der Waals surface area contributed by atoms with Crippen LogP contribution in [0.5, 0.6) is 0 Å². The van der Waals surface area contributed by atoms with Gasteiger partial charge in [-0.1, -0.05) is 18.5 Å². The summed E-state index contributed by atoms with van der Waals surface area (Å²) in [5.41, 5.74) is 6.77. The quantitative estimate of drug-likeness (QED) is 0.648. The first-order valence-electron chi connectivity index (χ1n) is 5.43. The van der Waals surface area contributed by atoms with Crippen LogP contribution in [0.25, 0.3) is 0 Å². The molecule has 17 heavy (non-hydrogen) atoms. The smallest absolute Gasteiger partial charge is 0.271 e.